The van der Waals surface area contributed by atoms with Crippen LogP contribution >= 0.6 is 0 Å². The Morgan fingerprint density at radius 1 is 0.459 bits per heavy atom. The van der Waals surface area contributed by atoms with Crippen LogP contribution in [0.3, 0.4) is 0 Å². The first kappa shape index (κ1) is 56.2. The maximum atomic E-state index is 14.9. The van der Waals surface area contributed by atoms with Crippen molar-refractivity contribution in [1.29, 1.82) is 0 Å². The molecule has 4 nitrogen and oxygen atoms in total. The van der Waals surface area contributed by atoms with E-state index in [1.54, 1.807) is 0 Å². The zero-order valence-electron chi connectivity index (χ0n) is 42.8. The van der Waals surface area contributed by atoms with Crippen LogP contribution in [0.2, 0.25) is 0 Å². The molecule has 0 aromatic heterocycles. The molecule has 2 aliphatic rings. The Hall–Kier alpha value is -0.900. The number of nitrogens with zero attached hydrogens (tertiary/aromatic N) is 1. The van der Waals surface area contributed by atoms with Crippen molar-refractivity contribution in [2.75, 3.05) is 0 Å². The molecule has 2 amide bonds. The van der Waals surface area contributed by atoms with Crippen molar-refractivity contribution in [3.8, 4) is 0 Å². The molecule has 1 N–H and O–H groups in total. The van der Waals surface area contributed by atoms with Crippen LogP contribution in [0.4, 0.5) is 0 Å². The van der Waals surface area contributed by atoms with Gasteiger partial charge in [0.25, 0.3) is 0 Å². The second-order valence-corrected chi connectivity index (χ2v) is 22.4. The van der Waals surface area contributed by atoms with Crippen molar-refractivity contribution in [2.24, 2.45) is 11.3 Å². The summed E-state index contributed by atoms with van der Waals surface area (Å²) in [4.78, 5) is 30.7. The molecule has 0 aromatic rings. The minimum Gasteiger partial charge on any atom is -0.307 e. The number of carbonyl (C=O) groups excluding carboxylic acids is 2. The average molecular weight is 856 g/mol. The maximum absolute atomic E-state index is 14.9. The Bertz CT molecular complexity index is 1050. The highest BCUT2D eigenvalue weighted by Crippen LogP contribution is 2.50. The molecule has 0 spiro atoms. The summed E-state index contributed by atoms with van der Waals surface area (Å²) in [5, 5.41) is 3.78. The quantitative estimate of drug-likeness (QED) is 0.0492. The molecule has 0 saturated carbocycles. The van der Waals surface area contributed by atoms with E-state index in [9.17, 15) is 9.59 Å². The second-order valence-electron chi connectivity index (χ2n) is 22.4. The number of nitrogens with one attached hydrogen (secondary N) is 1. The molecule has 360 valence electrons. The lowest BCUT2D eigenvalue weighted by atomic mass is 9.67. The highest BCUT2D eigenvalue weighted by molar-refractivity contribution is 6.06. The highest BCUT2D eigenvalue weighted by Gasteiger charge is 2.57. The number of carbonyl (C=O) groups is 2. The lowest BCUT2D eigenvalue weighted by Crippen LogP contribution is -2.63. The molecule has 0 aliphatic carbocycles. The molecule has 4 heteroatoms. The summed E-state index contributed by atoms with van der Waals surface area (Å²) >= 11 is 0. The van der Waals surface area contributed by atoms with Crippen LogP contribution in [-0.2, 0) is 9.59 Å². The fourth-order valence-corrected chi connectivity index (χ4v) is 12.0. The van der Waals surface area contributed by atoms with Crippen LogP contribution in [0.1, 0.15) is 325 Å². The van der Waals surface area contributed by atoms with E-state index in [1.807, 2.05) is 4.90 Å². The van der Waals surface area contributed by atoms with Gasteiger partial charge in [-0.2, -0.15) is 0 Å². The normalized spacial score (nSPS) is 19.7. The van der Waals surface area contributed by atoms with E-state index in [2.05, 4.69) is 53.8 Å². The molecular formula is C57H110N2O2. The SMILES string of the molecule is CCCCCCCCCCCCCCCCCCCCCCCCC1(C(CC)CCCCCCCCCCCCCCCCC)CC(=O)N(C2CC(C)(C)NC(C)(C)C2)C1=O. The lowest BCUT2D eigenvalue weighted by Gasteiger charge is -2.48. The van der Waals surface area contributed by atoms with Gasteiger partial charge in [-0.25, -0.2) is 0 Å². The van der Waals surface area contributed by atoms with E-state index < -0.39 is 5.41 Å². The molecule has 2 heterocycles. The topological polar surface area (TPSA) is 49.4 Å². The van der Waals surface area contributed by atoms with E-state index in [4.69, 9.17) is 0 Å². The fourth-order valence-electron chi connectivity index (χ4n) is 12.0. The van der Waals surface area contributed by atoms with Crippen LogP contribution in [0.25, 0.3) is 0 Å². The first-order valence-corrected chi connectivity index (χ1v) is 28.2. The zero-order chi connectivity index (χ0) is 44.5. The monoisotopic (exact) mass is 855 g/mol. The van der Waals surface area contributed by atoms with Crippen LogP contribution < -0.4 is 5.32 Å². The lowest BCUT2D eigenvalue weighted by molar-refractivity contribution is -0.147. The number of piperidine rings is 1. The Morgan fingerprint density at radius 3 is 1.07 bits per heavy atom. The standard InChI is InChI=1S/C57H110N2O2/c1-8-11-13-15-17-19-21-23-25-26-27-28-29-30-31-33-35-37-39-41-43-45-47-57(50-53(60)59(54(57)61)52-48-55(4,5)58-56(6,7)49-52)51(10-3)46-44-42-40-38-36-34-32-24-22-20-18-16-14-12-9-2/h51-52,58H,8-50H2,1-7H3. The van der Waals surface area contributed by atoms with Crippen LogP contribution in [0.5, 0.6) is 0 Å². The molecule has 2 atom stereocenters. The molecule has 2 fully saturated rings. The van der Waals surface area contributed by atoms with Gasteiger partial charge in [0, 0.05) is 23.5 Å². The largest absolute Gasteiger partial charge is 0.307 e. The van der Waals surface area contributed by atoms with Gasteiger partial charge in [0.1, 0.15) is 0 Å². The average Bonchev–Trinajstić information content (AvgIpc) is 3.47. The summed E-state index contributed by atoms with van der Waals surface area (Å²) in [6.07, 6.45) is 56.4. The summed E-state index contributed by atoms with van der Waals surface area (Å²) in [6, 6.07) is 0.000893. The van der Waals surface area contributed by atoms with Gasteiger partial charge >= 0.3 is 0 Å². The molecule has 0 radical (unpaired) electrons. The van der Waals surface area contributed by atoms with Gasteiger partial charge in [-0.15, -0.1) is 0 Å². The van der Waals surface area contributed by atoms with Gasteiger partial charge in [-0.1, -0.05) is 265 Å². The van der Waals surface area contributed by atoms with Gasteiger partial charge in [-0.3, -0.25) is 14.5 Å². The number of amides is 2. The van der Waals surface area contributed by atoms with Gasteiger partial charge in [-0.05, 0) is 59.3 Å². The molecule has 2 saturated heterocycles. The van der Waals surface area contributed by atoms with Gasteiger partial charge < -0.3 is 5.32 Å². The third-order valence-electron chi connectivity index (χ3n) is 15.3. The smallest absolute Gasteiger partial charge is 0.236 e. The van der Waals surface area contributed by atoms with Crippen molar-refractivity contribution < 1.29 is 9.59 Å². The van der Waals surface area contributed by atoms with Crippen LogP contribution in [0, 0.1) is 11.3 Å². The third kappa shape index (κ3) is 24.8. The maximum Gasteiger partial charge on any atom is 0.236 e. The number of likely N-dealkylation sites (tertiary alicyclic amines) is 1. The Balaban J connectivity index is 1.71. The predicted molar refractivity (Wildman–Crippen MR) is 268 cm³/mol. The summed E-state index contributed by atoms with van der Waals surface area (Å²) in [5.74, 6) is 0.637. The van der Waals surface area contributed by atoms with Gasteiger partial charge in [0.2, 0.25) is 11.8 Å². The molecule has 2 unspecified atom stereocenters. The predicted octanol–water partition coefficient (Wildman–Crippen LogP) is 18.3. The van der Waals surface area contributed by atoms with E-state index in [-0.39, 0.29) is 28.9 Å². The first-order chi connectivity index (χ1) is 29.5. The van der Waals surface area contributed by atoms with Crippen molar-refractivity contribution in [3.05, 3.63) is 0 Å². The molecule has 2 aliphatic heterocycles. The van der Waals surface area contributed by atoms with Gasteiger partial charge in [0.05, 0.1) is 5.41 Å². The minimum absolute atomic E-state index is 0.000893. The zero-order valence-corrected chi connectivity index (χ0v) is 42.8. The van der Waals surface area contributed by atoms with Crippen LogP contribution in [-0.4, -0.2) is 33.8 Å². The number of imide groups is 1. The molecular weight excluding hydrogens is 745 g/mol. The van der Waals surface area contributed by atoms with E-state index in [0.29, 0.717) is 12.3 Å². The minimum atomic E-state index is -0.492. The van der Waals surface area contributed by atoms with E-state index >= 15 is 0 Å². The van der Waals surface area contributed by atoms with E-state index in [1.165, 1.54) is 231 Å². The Labute approximate surface area is 383 Å². The molecule has 2 rings (SSSR count). The number of unbranched alkanes of at least 4 members (excludes halogenated alkanes) is 35. The Kier molecular flexibility index (Phi) is 31.8. The van der Waals surface area contributed by atoms with Crippen molar-refractivity contribution in [3.63, 3.8) is 0 Å². The second kappa shape index (κ2) is 34.4. The number of hydrogen-bond donors (Lipinski definition) is 1. The molecule has 61 heavy (non-hydrogen) atoms. The number of rotatable bonds is 42. The summed E-state index contributed by atoms with van der Waals surface area (Å²) in [6.45, 7) is 15.9. The van der Waals surface area contributed by atoms with Crippen LogP contribution in [0.15, 0.2) is 0 Å². The van der Waals surface area contributed by atoms with Crippen molar-refractivity contribution >= 4 is 11.8 Å². The fraction of sp³-hybridized carbons (Fsp3) is 0.965. The molecule has 0 bridgehead atoms. The van der Waals surface area contributed by atoms with Crippen molar-refractivity contribution in [1.82, 2.24) is 10.2 Å². The first-order valence-electron chi connectivity index (χ1n) is 28.2. The summed E-state index contributed by atoms with van der Waals surface area (Å²) in [5.41, 5.74) is -0.681. The summed E-state index contributed by atoms with van der Waals surface area (Å²) < 4.78 is 0. The Morgan fingerprint density at radius 2 is 0.754 bits per heavy atom. The van der Waals surface area contributed by atoms with E-state index in [0.717, 1.165) is 38.5 Å². The van der Waals surface area contributed by atoms with Gasteiger partial charge in [0.15, 0.2) is 0 Å². The molecule has 0 aromatic carbocycles. The number of hydrogen-bond acceptors (Lipinski definition) is 3. The third-order valence-corrected chi connectivity index (χ3v) is 15.3. The highest BCUT2D eigenvalue weighted by atomic mass is 16.2. The van der Waals surface area contributed by atoms with Crippen molar-refractivity contribution in [2.45, 2.75) is 342 Å². The summed E-state index contributed by atoms with van der Waals surface area (Å²) in [7, 11) is 0.